The lowest BCUT2D eigenvalue weighted by molar-refractivity contribution is 0.456. The number of hydrogen-bond acceptors (Lipinski definition) is 4. The molecule has 4 nitrogen and oxygen atoms in total. The third kappa shape index (κ3) is 10.2. The lowest BCUT2D eigenvalue weighted by Gasteiger charge is -2.09. The van der Waals surface area contributed by atoms with Crippen LogP contribution in [0.4, 0.5) is 0 Å². The van der Waals surface area contributed by atoms with E-state index in [1.165, 1.54) is 0 Å². The summed E-state index contributed by atoms with van der Waals surface area (Å²) in [5, 5.41) is 0. The molecule has 0 bridgehead atoms. The van der Waals surface area contributed by atoms with Gasteiger partial charge in [-0.05, 0) is 18.1 Å². The van der Waals surface area contributed by atoms with Gasteiger partial charge in [0.25, 0.3) is 0 Å². The fourth-order valence-corrected chi connectivity index (χ4v) is 1.31. The van der Waals surface area contributed by atoms with Crippen LogP contribution in [0, 0.1) is 5.92 Å². The molecule has 0 heterocycles. The van der Waals surface area contributed by atoms with Gasteiger partial charge in [-0.1, -0.05) is 6.92 Å². The molecule has 0 fully saturated rings. The van der Waals surface area contributed by atoms with Crippen molar-refractivity contribution >= 4 is 22.7 Å². The van der Waals surface area contributed by atoms with Crippen LogP contribution in [0.25, 0.3) is 0 Å². The lowest BCUT2D eigenvalue weighted by atomic mass is 10.2. The van der Waals surface area contributed by atoms with Crippen LogP contribution >= 0.6 is 12.6 Å². The monoisotopic (exact) mass is 201 g/mol. The van der Waals surface area contributed by atoms with E-state index in [-0.39, 0.29) is 17.8 Å². The molecule has 1 atom stereocenters. The maximum atomic E-state index is 10.1. The Balaban J connectivity index is 0. The zero-order valence-corrected chi connectivity index (χ0v) is 8.49. The number of quaternary nitrogens is 1. The highest BCUT2D eigenvalue weighted by Crippen LogP contribution is 2.04. The van der Waals surface area contributed by atoms with Gasteiger partial charge >= 0.3 is 0 Å². The molecule has 0 rings (SSSR count). The van der Waals surface area contributed by atoms with Crippen molar-refractivity contribution < 1.29 is 13.0 Å². The molecule has 0 aliphatic rings. The van der Waals surface area contributed by atoms with Crippen LogP contribution in [-0.2, 0) is 10.1 Å². The lowest BCUT2D eigenvalue weighted by Crippen LogP contribution is -2.09. The van der Waals surface area contributed by atoms with Gasteiger partial charge in [-0.2, -0.15) is 12.6 Å². The Bertz CT molecular complexity index is 178. The molecule has 0 radical (unpaired) electrons. The van der Waals surface area contributed by atoms with Crippen molar-refractivity contribution in [3.05, 3.63) is 0 Å². The first kappa shape index (κ1) is 13.8. The Labute approximate surface area is 73.1 Å². The van der Waals surface area contributed by atoms with E-state index in [0.29, 0.717) is 12.2 Å². The minimum Gasteiger partial charge on any atom is -0.748 e. The Hall–Kier alpha value is 0.220. The van der Waals surface area contributed by atoms with Crippen LogP contribution in [0.2, 0.25) is 0 Å². The molecule has 0 aromatic carbocycles. The molecule has 0 aromatic heterocycles. The van der Waals surface area contributed by atoms with E-state index in [2.05, 4.69) is 12.6 Å². The number of hydrogen-bond donors (Lipinski definition) is 2. The summed E-state index contributed by atoms with van der Waals surface area (Å²) >= 11 is 3.95. The molecular weight excluding hydrogens is 186 g/mol. The van der Waals surface area contributed by atoms with Gasteiger partial charge in [-0.3, -0.25) is 0 Å². The van der Waals surface area contributed by atoms with Gasteiger partial charge in [0.2, 0.25) is 0 Å². The molecular formula is C5H15NO3S2. The predicted molar refractivity (Wildman–Crippen MR) is 48.2 cm³/mol. The second-order valence-electron chi connectivity index (χ2n) is 2.34. The van der Waals surface area contributed by atoms with Crippen LogP contribution in [0.15, 0.2) is 0 Å². The van der Waals surface area contributed by atoms with Crippen molar-refractivity contribution in [2.75, 3.05) is 11.5 Å². The summed E-state index contributed by atoms with van der Waals surface area (Å²) < 4.78 is 30.2. The average molecular weight is 201 g/mol. The Morgan fingerprint density at radius 2 is 2.00 bits per heavy atom. The summed E-state index contributed by atoms with van der Waals surface area (Å²) in [5.74, 6) is 0.552. The maximum absolute atomic E-state index is 10.1. The third-order valence-electron chi connectivity index (χ3n) is 1.17. The van der Waals surface area contributed by atoms with Crippen LogP contribution in [0.3, 0.4) is 0 Å². The third-order valence-corrected chi connectivity index (χ3v) is 2.53. The highest BCUT2D eigenvalue weighted by Gasteiger charge is 2.01. The van der Waals surface area contributed by atoms with Crippen LogP contribution in [-0.4, -0.2) is 24.5 Å². The molecule has 70 valence electrons. The molecule has 0 amide bonds. The standard InChI is InChI=1S/C5H12O3S2.H3N/c1-5(4-9)2-3-10(6,7)8;/h5,9H,2-4H2,1H3,(H,6,7,8);1H3. The molecule has 0 aliphatic carbocycles. The average Bonchev–Trinajstić information content (AvgIpc) is 1.81. The van der Waals surface area contributed by atoms with Crippen molar-refractivity contribution in [2.45, 2.75) is 13.3 Å². The van der Waals surface area contributed by atoms with E-state index in [0.717, 1.165) is 0 Å². The highest BCUT2D eigenvalue weighted by atomic mass is 32.2. The number of thiol groups is 1. The first-order chi connectivity index (χ1) is 4.45. The zero-order chi connectivity index (χ0) is 8.20. The summed E-state index contributed by atoms with van der Waals surface area (Å²) in [5.41, 5.74) is 0. The molecule has 6 heteroatoms. The van der Waals surface area contributed by atoms with Gasteiger partial charge < -0.3 is 10.7 Å². The van der Waals surface area contributed by atoms with Crippen molar-refractivity contribution in [3.8, 4) is 0 Å². The molecule has 0 aliphatic heterocycles. The van der Waals surface area contributed by atoms with Crippen molar-refractivity contribution in [2.24, 2.45) is 5.92 Å². The zero-order valence-electron chi connectivity index (χ0n) is 6.78. The first-order valence-electron chi connectivity index (χ1n) is 3.00. The SMILES string of the molecule is CC(CS)CCS(=O)(=O)[O-].[NH4+]. The summed E-state index contributed by atoms with van der Waals surface area (Å²) in [6.45, 7) is 1.86. The fraction of sp³-hybridized carbons (Fsp3) is 1.00. The Morgan fingerprint density at radius 1 is 1.55 bits per heavy atom. The van der Waals surface area contributed by atoms with Crippen molar-refractivity contribution in [1.29, 1.82) is 0 Å². The predicted octanol–water partition coefficient (Wildman–Crippen LogP) is 0.864. The van der Waals surface area contributed by atoms with E-state index < -0.39 is 10.1 Å². The van der Waals surface area contributed by atoms with Gasteiger partial charge in [0.15, 0.2) is 0 Å². The minimum atomic E-state index is -4.01. The van der Waals surface area contributed by atoms with Gasteiger partial charge in [0.05, 0.1) is 10.1 Å². The normalized spacial score (nSPS) is 13.7. The molecule has 0 spiro atoms. The molecule has 1 unspecified atom stereocenters. The topological polar surface area (TPSA) is 93.7 Å². The minimum absolute atomic E-state index is 0. The Kier molecular flexibility index (Phi) is 7.29. The fourth-order valence-electron chi connectivity index (χ4n) is 0.437. The van der Waals surface area contributed by atoms with Crippen LogP contribution in [0.5, 0.6) is 0 Å². The molecule has 0 saturated carbocycles. The highest BCUT2D eigenvalue weighted by molar-refractivity contribution is 7.85. The van der Waals surface area contributed by atoms with Crippen molar-refractivity contribution in [3.63, 3.8) is 0 Å². The van der Waals surface area contributed by atoms with Crippen molar-refractivity contribution in [1.82, 2.24) is 6.15 Å². The molecule has 0 aromatic rings. The quantitative estimate of drug-likeness (QED) is 0.522. The molecule has 4 N–H and O–H groups in total. The molecule has 0 saturated heterocycles. The second kappa shape index (κ2) is 5.82. The van der Waals surface area contributed by atoms with Gasteiger partial charge in [-0.15, -0.1) is 0 Å². The molecule has 11 heavy (non-hydrogen) atoms. The first-order valence-corrected chi connectivity index (χ1v) is 5.21. The Morgan fingerprint density at radius 3 is 2.27 bits per heavy atom. The van der Waals surface area contributed by atoms with Crippen LogP contribution < -0.4 is 6.15 Å². The van der Waals surface area contributed by atoms with E-state index in [9.17, 15) is 13.0 Å². The maximum Gasteiger partial charge on any atom is 0.0946 e. The summed E-state index contributed by atoms with van der Waals surface area (Å²) in [4.78, 5) is 0. The summed E-state index contributed by atoms with van der Waals surface area (Å²) in [6.07, 6.45) is 0.412. The van der Waals surface area contributed by atoms with Gasteiger partial charge in [0.1, 0.15) is 0 Å². The summed E-state index contributed by atoms with van der Waals surface area (Å²) in [7, 11) is -4.01. The van der Waals surface area contributed by atoms with Crippen LogP contribution in [0.1, 0.15) is 13.3 Å². The van der Waals surface area contributed by atoms with Gasteiger partial charge in [0, 0.05) is 5.75 Å². The second-order valence-corrected chi connectivity index (χ2v) is 4.23. The van der Waals surface area contributed by atoms with E-state index in [1.54, 1.807) is 0 Å². The smallest absolute Gasteiger partial charge is 0.0946 e. The summed E-state index contributed by atoms with van der Waals surface area (Å²) in [6, 6.07) is 0. The largest absolute Gasteiger partial charge is 0.748 e. The number of rotatable bonds is 4. The van der Waals surface area contributed by atoms with E-state index in [1.807, 2.05) is 6.92 Å². The van der Waals surface area contributed by atoms with E-state index >= 15 is 0 Å². The van der Waals surface area contributed by atoms with E-state index in [4.69, 9.17) is 0 Å². The van der Waals surface area contributed by atoms with Gasteiger partial charge in [-0.25, -0.2) is 8.42 Å².